The van der Waals surface area contributed by atoms with Gasteiger partial charge in [0.25, 0.3) is 0 Å². The van der Waals surface area contributed by atoms with Gasteiger partial charge < -0.3 is 20.8 Å². The Hall–Kier alpha value is -2.20. The number of nitrogens with zero attached hydrogens (tertiary/aromatic N) is 6. The normalized spacial score (nSPS) is 14.8. The molecule has 0 atom stereocenters. The van der Waals surface area contributed by atoms with E-state index in [1.165, 1.54) is 0 Å². The molecule has 0 unspecified atom stereocenters. The molecule has 0 aliphatic heterocycles. The number of rotatable bonds is 11. The van der Waals surface area contributed by atoms with Gasteiger partial charge in [0.2, 0.25) is 0 Å². The van der Waals surface area contributed by atoms with Crippen LogP contribution in [0, 0.1) is 0 Å². The fourth-order valence-corrected chi connectivity index (χ4v) is 2.13. The summed E-state index contributed by atoms with van der Waals surface area (Å²) < 4.78 is 0. The highest BCUT2D eigenvalue weighted by atomic mass is 16.4. The van der Waals surface area contributed by atoms with Gasteiger partial charge in [-0.15, -0.1) is 0 Å². The Bertz CT molecular complexity index is 406. The summed E-state index contributed by atoms with van der Waals surface area (Å²) in [6.07, 6.45) is 0. The van der Waals surface area contributed by atoms with E-state index in [2.05, 4.69) is 20.6 Å². The first kappa shape index (κ1) is 21.8. The Balaban J connectivity index is 4.92. The second-order valence-electron chi connectivity index (χ2n) is 5.76. The Morgan fingerprint density at radius 1 is 0.542 bits per heavy atom. The van der Waals surface area contributed by atoms with E-state index < -0.39 is 0 Å². The highest BCUT2D eigenvalue weighted by Crippen LogP contribution is 1.98. The first-order chi connectivity index (χ1) is 11.4. The maximum atomic E-state index is 8.84. The van der Waals surface area contributed by atoms with Gasteiger partial charge in [-0.3, -0.25) is 9.80 Å². The van der Waals surface area contributed by atoms with Crippen molar-refractivity contribution >= 4 is 22.8 Å². The Labute approximate surface area is 142 Å². The monoisotopic (exact) mass is 344 g/mol. The van der Waals surface area contributed by atoms with Crippen LogP contribution in [0.5, 0.6) is 0 Å². The average molecular weight is 344 g/mol. The zero-order valence-electron chi connectivity index (χ0n) is 14.7. The molecular formula is C14H28N6O4. The highest BCUT2D eigenvalue weighted by molar-refractivity contribution is 5.87. The van der Waals surface area contributed by atoms with E-state index in [9.17, 15) is 0 Å². The zero-order valence-corrected chi connectivity index (χ0v) is 14.7. The number of hydrogen-bond donors (Lipinski definition) is 4. The molecule has 0 bridgehead atoms. The van der Waals surface area contributed by atoms with Gasteiger partial charge in [0.05, 0.1) is 22.8 Å². The fraction of sp³-hybridized carbons (Fsp3) is 0.714. The van der Waals surface area contributed by atoms with Gasteiger partial charge >= 0.3 is 0 Å². The summed E-state index contributed by atoms with van der Waals surface area (Å²) >= 11 is 0. The molecule has 4 N–H and O–H groups in total. The van der Waals surface area contributed by atoms with E-state index in [1.54, 1.807) is 27.7 Å². The molecule has 0 aliphatic rings. The molecule has 0 aliphatic carbocycles. The largest absolute Gasteiger partial charge is 0.411 e. The van der Waals surface area contributed by atoms with Crippen LogP contribution < -0.4 is 0 Å². The zero-order chi connectivity index (χ0) is 18.5. The van der Waals surface area contributed by atoms with Crippen LogP contribution >= 0.6 is 0 Å². The van der Waals surface area contributed by atoms with Crippen molar-refractivity contribution in [2.45, 2.75) is 27.7 Å². The van der Waals surface area contributed by atoms with E-state index in [0.29, 0.717) is 62.1 Å². The van der Waals surface area contributed by atoms with Crippen molar-refractivity contribution < 1.29 is 20.8 Å². The predicted molar refractivity (Wildman–Crippen MR) is 92.5 cm³/mol. The van der Waals surface area contributed by atoms with Crippen molar-refractivity contribution in [2.24, 2.45) is 20.6 Å². The lowest BCUT2D eigenvalue weighted by atomic mass is 10.2. The number of hydrogen-bond acceptors (Lipinski definition) is 10. The molecule has 138 valence electrons. The predicted octanol–water partition coefficient (Wildman–Crippen LogP) is 0.991. The third kappa shape index (κ3) is 9.74. The first-order valence-corrected chi connectivity index (χ1v) is 7.51. The van der Waals surface area contributed by atoms with Crippen LogP contribution in [0.2, 0.25) is 0 Å². The van der Waals surface area contributed by atoms with Crippen LogP contribution in [0.3, 0.4) is 0 Å². The van der Waals surface area contributed by atoms with Crippen molar-refractivity contribution in [1.82, 2.24) is 9.80 Å². The van der Waals surface area contributed by atoms with Gasteiger partial charge in [-0.1, -0.05) is 20.6 Å². The highest BCUT2D eigenvalue weighted by Gasteiger charge is 2.14. The summed E-state index contributed by atoms with van der Waals surface area (Å²) in [6.45, 7) is 9.60. The van der Waals surface area contributed by atoms with Gasteiger partial charge in [-0.25, -0.2) is 0 Å². The van der Waals surface area contributed by atoms with E-state index in [0.717, 1.165) is 0 Å². The van der Waals surface area contributed by atoms with Crippen LogP contribution in [0.25, 0.3) is 0 Å². The third-order valence-electron chi connectivity index (χ3n) is 3.23. The number of oxime groups is 4. The molecule has 0 aromatic heterocycles. The SMILES string of the molecule is C/C(CN(CCN(C/C(C)=N/O)C/C(C)=N/O)C/C(C)=N/O)=N\O. The van der Waals surface area contributed by atoms with Crippen molar-refractivity contribution in [1.29, 1.82) is 0 Å². The summed E-state index contributed by atoms with van der Waals surface area (Å²) in [4.78, 5) is 3.90. The summed E-state index contributed by atoms with van der Waals surface area (Å²) in [6, 6.07) is 0. The molecule has 0 aromatic carbocycles. The van der Waals surface area contributed by atoms with Gasteiger partial charge in [0, 0.05) is 39.3 Å². The van der Waals surface area contributed by atoms with Crippen molar-refractivity contribution in [3.8, 4) is 0 Å². The molecule has 0 aromatic rings. The Morgan fingerprint density at radius 3 is 0.917 bits per heavy atom. The van der Waals surface area contributed by atoms with E-state index in [-0.39, 0.29) is 0 Å². The van der Waals surface area contributed by atoms with Crippen molar-refractivity contribution in [2.75, 3.05) is 39.3 Å². The summed E-state index contributed by atoms with van der Waals surface area (Å²) in [5, 5.41) is 48.0. The molecule has 0 radical (unpaired) electrons. The lowest BCUT2D eigenvalue weighted by molar-refractivity contribution is 0.255. The quantitative estimate of drug-likeness (QED) is 0.251. The third-order valence-corrected chi connectivity index (χ3v) is 3.23. The van der Waals surface area contributed by atoms with E-state index >= 15 is 0 Å². The van der Waals surface area contributed by atoms with E-state index in [4.69, 9.17) is 20.8 Å². The maximum absolute atomic E-state index is 8.84. The van der Waals surface area contributed by atoms with Gasteiger partial charge in [-0.2, -0.15) is 0 Å². The Morgan fingerprint density at radius 2 is 0.750 bits per heavy atom. The summed E-state index contributed by atoms with van der Waals surface area (Å²) in [5.41, 5.74) is 2.14. The van der Waals surface area contributed by atoms with Crippen LogP contribution in [-0.4, -0.2) is 92.7 Å². The topological polar surface area (TPSA) is 137 Å². The molecule has 24 heavy (non-hydrogen) atoms. The molecule has 10 nitrogen and oxygen atoms in total. The molecule has 0 saturated heterocycles. The fourth-order valence-electron chi connectivity index (χ4n) is 2.13. The van der Waals surface area contributed by atoms with Crippen LogP contribution in [0.4, 0.5) is 0 Å². The minimum Gasteiger partial charge on any atom is -0.411 e. The molecule has 10 heteroatoms. The molecule has 0 saturated carbocycles. The molecule has 0 rings (SSSR count). The molecular weight excluding hydrogens is 316 g/mol. The van der Waals surface area contributed by atoms with Gasteiger partial charge in [0.15, 0.2) is 0 Å². The van der Waals surface area contributed by atoms with Crippen molar-refractivity contribution in [3.63, 3.8) is 0 Å². The smallest absolute Gasteiger partial charge is 0.0680 e. The molecule has 0 amide bonds. The first-order valence-electron chi connectivity index (χ1n) is 7.51. The van der Waals surface area contributed by atoms with Gasteiger partial charge in [-0.05, 0) is 27.7 Å². The van der Waals surface area contributed by atoms with Crippen LogP contribution in [-0.2, 0) is 0 Å². The second-order valence-corrected chi connectivity index (χ2v) is 5.76. The lowest BCUT2D eigenvalue weighted by Gasteiger charge is -2.27. The minimum atomic E-state index is 0.414. The van der Waals surface area contributed by atoms with Crippen molar-refractivity contribution in [3.05, 3.63) is 0 Å². The second kappa shape index (κ2) is 12.3. The van der Waals surface area contributed by atoms with Crippen LogP contribution in [0.1, 0.15) is 27.7 Å². The average Bonchev–Trinajstić information content (AvgIpc) is 2.58. The molecule has 0 heterocycles. The summed E-state index contributed by atoms with van der Waals surface area (Å²) in [7, 11) is 0. The molecule has 0 fully saturated rings. The van der Waals surface area contributed by atoms with Crippen LogP contribution in [0.15, 0.2) is 20.6 Å². The maximum Gasteiger partial charge on any atom is 0.0680 e. The lowest BCUT2D eigenvalue weighted by Crippen LogP contribution is -2.42. The standard InChI is InChI=1S/C14H28N6O4/c1-11(15-21)7-19(8-12(2)16-22)5-6-20(9-13(3)17-23)10-14(4)18-24/h21-24H,5-10H2,1-4H3/b15-11+,16-12+,17-13+,18-14+. The van der Waals surface area contributed by atoms with E-state index in [1.807, 2.05) is 9.80 Å². The van der Waals surface area contributed by atoms with Gasteiger partial charge in [0.1, 0.15) is 0 Å². The molecule has 0 spiro atoms. The minimum absolute atomic E-state index is 0.414. The Kier molecular flexibility index (Phi) is 11.1. The summed E-state index contributed by atoms with van der Waals surface area (Å²) in [5.74, 6) is 0.